The van der Waals surface area contributed by atoms with Crippen LogP contribution in [0.2, 0.25) is 10.0 Å². The lowest BCUT2D eigenvalue weighted by Gasteiger charge is -2.38. The Bertz CT molecular complexity index is 1530. The number of hydrogen-bond acceptors (Lipinski definition) is 4. The minimum absolute atomic E-state index is 0.0207. The molecule has 5 nitrogen and oxygen atoms in total. The van der Waals surface area contributed by atoms with Gasteiger partial charge in [0, 0.05) is 16.6 Å². The molecule has 0 spiro atoms. The van der Waals surface area contributed by atoms with Gasteiger partial charge in [-0.1, -0.05) is 41.4 Å². The maximum absolute atomic E-state index is 9.80. The minimum atomic E-state index is -0.0412. The van der Waals surface area contributed by atoms with E-state index in [-0.39, 0.29) is 18.7 Å². The Labute approximate surface area is 220 Å². The Morgan fingerprint density at radius 1 is 1.08 bits per heavy atom. The Hall–Kier alpha value is -2.99. The van der Waals surface area contributed by atoms with E-state index in [9.17, 15) is 5.11 Å². The van der Waals surface area contributed by atoms with E-state index in [4.69, 9.17) is 32.9 Å². The Balaban J connectivity index is 1.63. The lowest BCUT2D eigenvalue weighted by molar-refractivity contribution is 0.281. The summed E-state index contributed by atoms with van der Waals surface area (Å²) in [6, 6.07) is 16.0. The van der Waals surface area contributed by atoms with Gasteiger partial charge in [-0.15, -0.1) is 0 Å². The summed E-state index contributed by atoms with van der Waals surface area (Å²) in [6.07, 6.45) is 0. The van der Waals surface area contributed by atoms with Crippen molar-refractivity contribution in [2.45, 2.75) is 46.0 Å². The van der Waals surface area contributed by atoms with Crippen molar-refractivity contribution in [2.24, 2.45) is 0 Å². The standard InChI is InChI=1S/C29H27Cl2N3O2/c1-15(2)34-28-23(32-29(34)21-11-17(14-35)6-10-24(21)36-4)13-33-26-16(3)5-9-22(31)25(26)20-12-18(30)7-8-19(20)27(28)33/h5-12,15,27,35H,13-14H2,1-4H3/t27-/m0/s1. The molecule has 184 valence electrons. The molecule has 1 N–H and O–H groups in total. The van der Waals surface area contributed by atoms with E-state index in [0.29, 0.717) is 11.6 Å². The Morgan fingerprint density at radius 3 is 2.61 bits per heavy atom. The van der Waals surface area contributed by atoms with Crippen molar-refractivity contribution in [3.8, 4) is 28.3 Å². The molecule has 0 fully saturated rings. The molecule has 1 atom stereocenters. The van der Waals surface area contributed by atoms with Crippen LogP contribution in [-0.4, -0.2) is 21.8 Å². The van der Waals surface area contributed by atoms with E-state index in [1.54, 1.807) is 7.11 Å². The first-order valence-corrected chi connectivity index (χ1v) is 12.8. The molecule has 3 aromatic carbocycles. The molecule has 0 radical (unpaired) electrons. The molecule has 6 rings (SSSR count). The van der Waals surface area contributed by atoms with Crippen LogP contribution in [0.5, 0.6) is 5.75 Å². The van der Waals surface area contributed by atoms with E-state index in [1.807, 2.05) is 36.4 Å². The minimum Gasteiger partial charge on any atom is -0.496 e. The van der Waals surface area contributed by atoms with Gasteiger partial charge in [0.15, 0.2) is 0 Å². The number of benzene rings is 3. The number of halogens is 2. The van der Waals surface area contributed by atoms with Crippen molar-refractivity contribution in [1.29, 1.82) is 0 Å². The van der Waals surface area contributed by atoms with Crippen molar-refractivity contribution in [2.75, 3.05) is 12.0 Å². The number of fused-ring (bicyclic) bond motifs is 8. The quantitative estimate of drug-likeness (QED) is 0.306. The number of ether oxygens (including phenoxy) is 1. The molecule has 0 bridgehead atoms. The number of nitrogens with zero attached hydrogens (tertiary/aromatic N) is 3. The van der Waals surface area contributed by atoms with Crippen LogP contribution in [0.4, 0.5) is 5.69 Å². The molecule has 2 aliphatic heterocycles. The number of anilines is 1. The highest BCUT2D eigenvalue weighted by molar-refractivity contribution is 6.35. The molecular formula is C29H27Cl2N3O2. The second-order valence-electron chi connectivity index (χ2n) is 9.77. The van der Waals surface area contributed by atoms with Crippen LogP contribution in [-0.2, 0) is 13.2 Å². The predicted octanol–water partition coefficient (Wildman–Crippen LogP) is 7.34. The average Bonchev–Trinajstić information content (AvgIpc) is 3.41. The van der Waals surface area contributed by atoms with Crippen molar-refractivity contribution in [3.05, 3.63) is 86.7 Å². The predicted molar refractivity (Wildman–Crippen MR) is 145 cm³/mol. The molecule has 0 aliphatic carbocycles. The summed E-state index contributed by atoms with van der Waals surface area (Å²) in [7, 11) is 1.67. The molecule has 4 aromatic rings. The maximum Gasteiger partial charge on any atom is 0.144 e. The summed E-state index contributed by atoms with van der Waals surface area (Å²) in [6.45, 7) is 7.12. The van der Waals surface area contributed by atoms with Gasteiger partial charge >= 0.3 is 0 Å². The first-order valence-electron chi connectivity index (χ1n) is 12.1. The van der Waals surface area contributed by atoms with Gasteiger partial charge < -0.3 is 19.3 Å². The number of hydrogen-bond donors (Lipinski definition) is 1. The number of aliphatic hydroxyl groups excluding tert-OH is 1. The van der Waals surface area contributed by atoms with Gasteiger partial charge in [0.05, 0.1) is 54.0 Å². The van der Waals surface area contributed by atoms with E-state index in [1.165, 1.54) is 16.8 Å². The van der Waals surface area contributed by atoms with Crippen LogP contribution in [0.1, 0.15) is 54.0 Å². The molecule has 7 heteroatoms. The van der Waals surface area contributed by atoms with E-state index < -0.39 is 0 Å². The fourth-order valence-electron chi connectivity index (χ4n) is 5.84. The highest BCUT2D eigenvalue weighted by Crippen LogP contribution is 2.56. The molecule has 0 amide bonds. The molecule has 36 heavy (non-hydrogen) atoms. The Kier molecular flexibility index (Phi) is 5.56. The van der Waals surface area contributed by atoms with Gasteiger partial charge in [-0.3, -0.25) is 0 Å². The smallest absolute Gasteiger partial charge is 0.144 e. The third kappa shape index (κ3) is 3.30. The van der Waals surface area contributed by atoms with E-state index >= 15 is 0 Å². The summed E-state index contributed by atoms with van der Waals surface area (Å²) < 4.78 is 8.03. The second kappa shape index (κ2) is 8.55. The van der Waals surface area contributed by atoms with Gasteiger partial charge in [0.2, 0.25) is 0 Å². The first kappa shape index (κ1) is 23.4. The van der Waals surface area contributed by atoms with Gasteiger partial charge in [-0.05, 0) is 73.4 Å². The number of rotatable bonds is 4. The summed E-state index contributed by atoms with van der Waals surface area (Å²) in [4.78, 5) is 7.63. The number of imidazole rings is 1. The summed E-state index contributed by atoms with van der Waals surface area (Å²) >= 11 is 13.3. The highest BCUT2D eigenvalue weighted by Gasteiger charge is 2.44. The normalized spacial score (nSPS) is 15.6. The number of aromatic nitrogens is 2. The summed E-state index contributed by atoms with van der Waals surface area (Å²) in [5.74, 6) is 1.59. The SMILES string of the molecule is COc1ccc(CO)cc1-c1nc2c(n1C(C)C)[C@@H]1c3ccc(Cl)cc3-c3c(Cl)ccc(C)c3N1C2. The van der Waals surface area contributed by atoms with Crippen LogP contribution >= 0.6 is 23.2 Å². The number of aryl methyl sites for hydroxylation is 1. The van der Waals surface area contributed by atoms with Crippen molar-refractivity contribution < 1.29 is 9.84 Å². The van der Waals surface area contributed by atoms with E-state index in [0.717, 1.165) is 50.2 Å². The zero-order valence-electron chi connectivity index (χ0n) is 20.6. The zero-order chi connectivity index (χ0) is 25.3. The fraction of sp³-hybridized carbons (Fsp3) is 0.276. The third-order valence-corrected chi connectivity index (χ3v) is 7.86. The molecule has 0 unspecified atom stereocenters. The zero-order valence-corrected chi connectivity index (χ0v) is 22.2. The lowest BCUT2D eigenvalue weighted by atomic mass is 9.86. The van der Waals surface area contributed by atoms with Crippen LogP contribution < -0.4 is 9.64 Å². The molecule has 3 heterocycles. The number of methoxy groups -OCH3 is 1. The van der Waals surface area contributed by atoms with Gasteiger partial charge in [0.1, 0.15) is 11.6 Å². The Morgan fingerprint density at radius 2 is 1.89 bits per heavy atom. The monoisotopic (exact) mass is 519 g/mol. The molecular weight excluding hydrogens is 493 g/mol. The van der Waals surface area contributed by atoms with E-state index in [2.05, 4.69) is 42.4 Å². The third-order valence-electron chi connectivity index (χ3n) is 7.31. The summed E-state index contributed by atoms with van der Waals surface area (Å²) in [5.41, 5.74) is 9.48. The van der Waals surface area contributed by atoms with Gasteiger partial charge in [-0.25, -0.2) is 4.98 Å². The fourth-order valence-corrected chi connectivity index (χ4v) is 6.27. The van der Waals surface area contributed by atoms with Crippen LogP contribution in [0.15, 0.2) is 48.5 Å². The second-order valence-corrected chi connectivity index (χ2v) is 10.6. The largest absolute Gasteiger partial charge is 0.496 e. The number of aliphatic hydroxyl groups is 1. The van der Waals surface area contributed by atoms with Crippen molar-refractivity contribution >= 4 is 28.9 Å². The molecule has 0 saturated heterocycles. The highest BCUT2D eigenvalue weighted by atomic mass is 35.5. The van der Waals surface area contributed by atoms with Gasteiger partial charge in [0.25, 0.3) is 0 Å². The van der Waals surface area contributed by atoms with Crippen molar-refractivity contribution in [1.82, 2.24) is 9.55 Å². The molecule has 1 aromatic heterocycles. The summed E-state index contributed by atoms with van der Waals surface area (Å²) in [5, 5.41) is 11.2. The first-order chi connectivity index (χ1) is 17.3. The van der Waals surface area contributed by atoms with Gasteiger partial charge in [-0.2, -0.15) is 0 Å². The van der Waals surface area contributed by atoms with Crippen LogP contribution in [0.25, 0.3) is 22.5 Å². The maximum atomic E-state index is 9.80. The molecule has 0 saturated carbocycles. The van der Waals surface area contributed by atoms with Crippen LogP contribution in [0.3, 0.4) is 0 Å². The van der Waals surface area contributed by atoms with Crippen molar-refractivity contribution in [3.63, 3.8) is 0 Å². The topological polar surface area (TPSA) is 50.5 Å². The molecule has 2 aliphatic rings. The average molecular weight is 520 g/mol. The lowest BCUT2D eigenvalue weighted by Crippen LogP contribution is -2.29. The van der Waals surface area contributed by atoms with Crippen LogP contribution in [0, 0.1) is 6.92 Å².